The van der Waals surface area contributed by atoms with Crippen molar-refractivity contribution in [1.29, 1.82) is 0 Å². The lowest BCUT2D eigenvalue weighted by molar-refractivity contribution is -0.138. The van der Waals surface area contributed by atoms with Crippen LogP contribution in [-0.4, -0.2) is 101 Å². The molecule has 2 aliphatic rings. The van der Waals surface area contributed by atoms with Gasteiger partial charge in [0.1, 0.15) is 11.7 Å². The van der Waals surface area contributed by atoms with Gasteiger partial charge in [-0.1, -0.05) is 43.2 Å². The number of benzene rings is 1. The summed E-state index contributed by atoms with van der Waals surface area (Å²) < 4.78 is 31.3. The SMILES string of the molecule is CCOC(=O)N1CCN(C(=O)[C@H](CCC(=O)O)NC(=O)c2cc(CS(=O)(=O)C3CCCC3)nc(-c3ccccc3)n2)CC1. The van der Waals surface area contributed by atoms with Gasteiger partial charge in [0, 0.05) is 38.2 Å². The molecule has 43 heavy (non-hydrogen) atoms. The molecule has 1 saturated heterocycles. The molecule has 1 aromatic heterocycles. The van der Waals surface area contributed by atoms with Crippen LogP contribution in [0.2, 0.25) is 0 Å². The Hall–Kier alpha value is -4.07. The number of carboxylic acid groups (broad SMARTS) is 1. The Morgan fingerprint density at radius 1 is 1.02 bits per heavy atom. The minimum Gasteiger partial charge on any atom is -0.481 e. The molecule has 1 aliphatic carbocycles. The normalized spacial score (nSPS) is 16.5. The second-order valence-electron chi connectivity index (χ2n) is 10.6. The van der Waals surface area contributed by atoms with Crippen molar-refractivity contribution in [2.75, 3.05) is 32.8 Å². The molecule has 232 valence electrons. The van der Waals surface area contributed by atoms with Crippen LogP contribution in [0.5, 0.6) is 0 Å². The zero-order valence-corrected chi connectivity index (χ0v) is 24.9. The fourth-order valence-electron chi connectivity index (χ4n) is 5.28. The first kappa shape index (κ1) is 31.9. The van der Waals surface area contributed by atoms with Crippen LogP contribution in [0.4, 0.5) is 4.79 Å². The summed E-state index contributed by atoms with van der Waals surface area (Å²) >= 11 is 0. The van der Waals surface area contributed by atoms with E-state index >= 15 is 0 Å². The molecule has 0 bridgehead atoms. The van der Waals surface area contributed by atoms with Gasteiger partial charge in [0.05, 0.1) is 23.3 Å². The highest BCUT2D eigenvalue weighted by Crippen LogP contribution is 2.27. The molecule has 0 unspecified atom stereocenters. The molecule has 1 aromatic carbocycles. The van der Waals surface area contributed by atoms with Gasteiger partial charge in [-0.15, -0.1) is 0 Å². The average molecular weight is 616 g/mol. The van der Waals surface area contributed by atoms with Crippen molar-refractivity contribution in [2.45, 2.75) is 62.5 Å². The Morgan fingerprint density at radius 3 is 2.30 bits per heavy atom. The topological polar surface area (TPSA) is 176 Å². The largest absolute Gasteiger partial charge is 0.481 e. The van der Waals surface area contributed by atoms with E-state index in [1.807, 2.05) is 0 Å². The number of aromatic nitrogens is 2. The standard InChI is InChI=1S/C29H37N5O8S/c1-2-42-29(39)34-16-14-33(15-17-34)28(38)23(12-13-25(35)36)32-27(37)24-18-21(19-43(40,41)22-10-6-7-11-22)30-26(31-24)20-8-4-3-5-9-20/h3-5,8-9,18,22-23H,2,6-7,10-17,19H2,1H3,(H,32,37)(H,35,36)/t23-/m0/s1. The van der Waals surface area contributed by atoms with Crippen LogP contribution in [0.3, 0.4) is 0 Å². The summed E-state index contributed by atoms with van der Waals surface area (Å²) in [5, 5.41) is 11.4. The van der Waals surface area contributed by atoms with E-state index in [0.717, 1.165) is 12.8 Å². The van der Waals surface area contributed by atoms with Crippen molar-refractivity contribution < 1.29 is 37.4 Å². The van der Waals surface area contributed by atoms with Crippen molar-refractivity contribution in [2.24, 2.45) is 0 Å². The molecule has 1 atom stereocenters. The third-order valence-electron chi connectivity index (χ3n) is 7.57. The van der Waals surface area contributed by atoms with Gasteiger partial charge in [-0.2, -0.15) is 0 Å². The predicted octanol–water partition coefficient (Wildman–Crippen LogP) is 2.26. The van der Waals surface area contributed by atoms with Crippen LogP contribution >= 0.6 is 0 Å². The van der Waals surface area contributed by atoms with Crippen molar-refractivity contribution in [3.05, 3.63) is 47.8 Å². The Morgan fingerprint density at radius 2 is 1.67 bits per heavy atom. The zero-order valence-electron chi connectivity index (χ0n) is 24.1. The number of amides is 3. The van der Waals surface area contributed by atoms with Crippen molar-refractivity contribution >= 4 is 33.7 Å². The van der Waals surface area contributed by atoms with E-state index in [0.29, 0.717) is 18.4 Å². The van der Waals surface area contributed by atoms with E-state index in [-0.39, 0.29) is 68.6 Å². The quantitative estimate of drug-likeness (QED) is 0.381. The zero-order chi connectivity index (χ0) is 31.0. The first-order valence-electron chi connectivity index (χ1n) is 14.5. The molecule has 0 radical (unpaired) electrons. The molecule has 2 fully saturated rings. The van der Waals surface area contributed by atoms with Crippen LogP contribution in [0.1, 0.15) is 61.6 Å². The fraction of sp³-hybridized carbons (Fsp3) is 0.517. The number of ether oxygens (including phenoxy) is 1. The number of nitrogens with one attached hydrogen (secondary N) is 1. The Labute approximate surface area is 250 Å². The highest BCUT2D eigenvalue weighted by Gasteiger charge is 2.32. The molecule has 2 N–H and O–H groups in total. The number of carbonyl (C=O) groups excluding carboxylic acids is 3. The van der Waals surface area contributed by atoms with Crippen LogP contribution < -0.4 is 5.32 Å². The molecular weight excluding hydrogens is 578 g/mol. The summed E-state index contributed by atoms with van der Waals surface area (Å²) in [6, 6.07) is 8.94. The number of carboxylic acids is 1. The minimum absolute atomic E-state index is 0.134. The Bertz CT molecular complexity index is 1420. The summed E-state index contributed by atoms with van der Waals surface area (Å²) in [7, 11) is -3.52. The number of carbonyl (C=O) groups is 4. The molecule has 14 heteroatoms. The van der Waals surface area contributed by atoms with Gasteiger partial charge in [0.25, 0.3) is 5.91 Å². The van der Waals surface area contributed by atoms with E-state index < -0.39 is 45.0 Å². The number of piperazine rings is 1. The average Bonchev–Trinajstić information content (AvgIpc) is 3.56. The predicted molar refractivity (Wildman–Crippen MR) is 156 cm³/mol. The van der Waals surface area contributed by atoms with Gasteiger partial charge >= 0.3 is 12.1 Å². The van der Waals surface area contributed by atoms with Gasteiger partial charge in [-0.05, 0) is 32.3 Å². The van der Waals surface area contributed by atoms with E-state index in [1.54, 1.807) is 37.3 Å². The lowest BCUT2D eigenvalue weighted by Gasteiger charge is -2.35. The van der Waals surface area contributed by atoms with Crippen molar-refractivity contribution in [3.8, 4) is 11.4 Å². The van der Waals surface area contributed by atoms with Gasteiger partial charge in [-0.25, -0.2) is 23.2 Å². The number of hydrogen-bond acceptors (Lipinski definition) is 9. The molecule has 4 rings (SSSR count). The van der Waals surface area contributed by atoms with Gasteiger partial charge in [0.15, 0.2) is 15.7 Å². The van der Waals surface area contributed by atoms with Crippen molar-refractivity contribution in [3.63, 3.8) is 0 Å². The molecule has 3 amide bonds. The molecule has 1 saturated carbocycles. The minimum atomic E-state index is -3.52. The van der Waals surface area contributed by atoms with Gasteiger partial charge in [0.2, 0.25) is 5.91 Å². The maximum absolute atomic E-state index is 13.5. The molecule has 2 aromatic rings. The highest BCUT2D eigenvalue weighted by atomic mass is 32.2. The summed E-state index contributed by atoms with van der Waals surface area (Å²) in [6.07, 6.45) is 1.86. The van der Waals surface area contributed by atoms with Crippen LogP contribution in [0.25, 0.3) is 11.4 Å². The number of rotatable bonds is 11. The molecular formula is C29H37N5O8S. The van der Waals surface area contributed by atoms with Crippen molar-refractivity contribution in [1.82, 2.24) is 25.1 Å². The molecule has 2 heterocycles. The van der Waals surface area contributed by atoms with Crippen LogP contribution in [0, 0.1) is 0 Å². The third kappa shape index (κ3) is 8.49. The third-order valence-corrected chi connectivity index (χ3v) is 9.76. The summed E-state index contributed by atoms with van der Waals surface area (Å²) in [5.74, 6) is -2.57. The first-order valence-corrected chi connectivity index (χ1v) is 16.2. The lowest BCUT2D eigenvalue weighted by atomic mass is 10.1. The lowest BCUT2D eigenvalue weighted by Crippen LogP contribution is -2.56. The highest BCUT2D eigenvalue weighted by molar-refractivity contribution is 7.91. The van der Waals surface area contributed by atoms with Crippen LogP contribution in [0.15, 0.2) is 36.4 Å². The van der Waals surface area contributed by atoms with E-state index in [4.69, 9.17) is 4.74 Å². The summed E-state index contributed by atoms with van der Waals surface area (Å²) in [4.78, 5) is 62.1. The monoisotopic (exact) mass is 615 g/mol. The van der Waals surface area contributed by atoms with Gasteiger partial charge < -0.3 is 25.0 Å². The van der Waals surface area contributed by atoms with E-state index in [2.05, 4.69) is 15.3 Å². The van der Waals surface area contributed by atoms with Gasteiger partial charge in [-0.3, -0.25) is 14.4 Å². The maximum atomic E-state index is 13.5. The summed E-state index contributed by atoms with van der Waals surface area (Å²) in [5.41, 5.74) is 0.606. The Kier molecular flexibility index (Phi) is 10.7. The maximum Gasteiger partial charge on any atom is 0.409 e. The molecule has 13 nitrogen and oxygen atoms in total. The smallest absolute Gasteiger partial charge is 0.409 e. The molecule has 1 aliphatic heterocycles. The number of aliphatic carboxylic acids is 1. The number of hydrogen-bond donors (Lipinski definition) is 2. The van der Waals surface area contributed by atoms with Crippen LogP contribution in [-0.2, 0) is 29.9 Å². The number of nitrogens with zero attached hydrogens (tertiary/aromatic N) is 4. The second-order valence-corrected chi connectivity index (χ2v) is 12.9. The summed E-state index contributed by atoms with van der Waals surface area (Å²) in [6.45, 7) is 2.76. The fourth-order valence-corrected chi connectivity index (χ4v) is 7.12. The van der Waals surface area contributed by atoms with E-state index in [9.17, 15) is 32.7 Å². The Balaban J connectivity index is 1.56. The molecule has 0 spiro atoms. The second kappa shape index (κ2) is 14.4. The van der Waals surface area contributed by atoms with E-state index in [1.165, 1.54) is 15.9 Å². The first-order chi connectivity index (χ1) is 20.6. The number of sulfone groups is 1.